The van der Waals surface area contributed by atoms with Gasteiger partial charge in [0.05, 0.1) is 6.26 Å². The summed E-state index contributed by atoms with van der Waals surface area (Å²) in [5, 5.41) is 10.4. The van der Waals surface area contributed by atoms with Crippen molar-refractivity contribution < 1.29 is 14.3 Å². The maximum absolute atomic E-state index is 10.9. The predicted molar refractivity (Wildman–Crippen MR) is 70.2 cm³/mol. The molecule has 0 spiro atoms. The van der Waals surface area contributed by atoms with Gasteiger partial charge in [0.1, 0.15) is 0 Å². The third-order valence-electron chi connectivity index (χ3n) is 2.99. The second-order valence-electron chi connectivity index (χ2n) is 4.33. The maximum atomic E-state index is 10.9. The van der Waals surface area contributed by atoms with Gasteiger partial charge in [0.2, 0.25) is 5.76 Å². The van der Waals surface area contributed by atoms with E-state index < -0.39 is 5.97 Å². The minimum atomic E-state index is -1.05. The van der Waals surface area contributed by atoms with Crippen molar-refractivity contribution in [1.82, 2.24) is 4.98 Å². The van der Waals surface area contributed by atoms with E-state index in [2.05, 4.69) is 4.98 Å². The van der Waals surface area contributed by atoms with Crippen LogP contribution in [0, 0.1) is 0 Å². The van der Waals surface area contributed by atoms with E-state index in [4.69, 9.17) is 9.52 Å². The molecule has 3 aromatic rings. The first kappa shape index (κ1) is 11.5. The number of aromatic nitrogens is 1. The molecule has 0 saturated heterocycles. The third-order valence-corrected chi connectivity index (χ3v) is 2.99. The number of carboxylic acids is 1. The van der Waals surface area contributed by atoms with Crippen molar-refractivity contribution >= 4 is 16.7 Å². The molecule has 0 aliphatic heterocycles. The number of nitrogens with zero attached hydrogens (tertiary/aromatic N) is 1. The molecule has 94 valence electrons. The van der Waals surface area contributed by atoms with Gasteiger partial charge in [0, 0.05) is 23.2 Å². The summed E-state index contributed by atoms with van der Waals surface area (Å²) < 4.78 is 5.07. The first-order chi connectivity index (χ1) is 9.24. The minimum Gasteiger partial charge on any atom is -0.475 e. The Kier molecular flexibility index (Phi) is 2.76. The van der Waals surface area contributed by atoms with Crippen LogP contribution in [0.2, 0.25) is 0 Å². The van der Waals surface area contributed by atoms with E-state index in [1.54, 1.807) is 12.3 Å². The van der Waals surface area contributed by atoms with E-state index in [1.807, 2.05) is 30.5 Å². The Bertz CT molecular complexity index is 731. The van der Waals surface area contributed by atoms with E-state index >= 15 is 0 Å². The van der Waals surface area contributed by atoms with Crippen LogP contribution in [0.15, 0.2) is 53.4 Å². The van der Waals surface area contributed by atoms with E-state index in [1.165, 1.54) is 6.26 Å². The number of rotatable bonds is 3. The van der Waals surface area contributed by atoms with Crippen molar-refractivity contribution in [2.75, 3.05) is 0 Å². The highest BCUT2D eigenvalue weighted by molar-refractivity contribution is 6.01. The summed E-state index contributed by atoms with van der Waals surface area (Å²) >= 11 is 0. The van der Waals surface area contributed by atoms with Crippen molar-refractivity contribution in [2.24, 2.45) is 0 Å². The molecule has 0 saturated carbocycles. The number of pyridine rings is 1. The Hall–Kier alpha value is -2.62. The van der Waals surface area contributed by atoms with E-state index in [9.17, 15) is 4.79 Å². The molecule has 0 aliphatic rings. The van der Waals surface area contributed by atoms with E-state index in [0.717, 1.165) is 22.9 Å². The number of furan rings is 1. The molecular weight excluding hydrogens is 242 g/mol. The number of benzene rings is 1. The van der Waals surface area contributed by atoms with Crippen LogP contribution in [0.4, 0.5) is 0 Å². The maximum Gasteiger partial charge on any atom is 0.372 e. The van der Waals surface area contributed by atoms with Crippen LogP contribution in [0.1, 0.15) is 21.7 Å². The van der Waals surface area contributed by atoms with Crippen LogP contribution < -0.4 is 0 Å². The van der Waals surface area contributed by atoms with Crippen LogP contribution in [-0.2, 0) is 6.42 Å². The zero-order valence-electron chi connectivity index (χ0n) is 10.0. The predicted octanol–water partition coefficient (Wildman–Crippen LogP) is 3.12. The standard InChI is InChI=1S/C15H11NO3/c17-15(18)14-13-4-3-10(7-12(13)9-19-14)6-11-2-1-5-16-8-11/h1-5,7-9H,6H2,(H,17,18). The molecule has 2 heterocycles. The van der Waals surface area contributed by atoms with Crippen molar-refractivity contribution in [3.8, 4) is 0 Å². The van der Waals surface area contributed by atoms with Gasteiger partial charge in [-0.15, -0.1) is 0 Å². The van der Waals surface area contributed by atoms with Gasteiger partial charge in [-0.05, 0) is 35.7 Å². The van der Waals surface area contributed by atoms with Gasteiger partial charge in [-0.3, -0.25) is 4.98 Å². The lowest BCUT2D eigenvalue weighted by molar-refractivity contribution is 0.0665. The number of aromatic carboxylic acids is 1. The molecule has 4 nitrogen and oxygen atoms in total. The molecule has 19 heavy (non-hydrogen) atoms. The number of hydrogen-bond donors (Lipinski definition) is 1. The Morgan fingerprint density at radius 2 is 2.16 bits per heavy atom. The van der Waals surface area contributed by atoms with Gasteiger partial charge in [-0.1, -0.05) is 12.1 Å². The Morgan fingerprint density at radius 3 is 2.89 bits per heavy atom. The van der Waals surface area contributed by atoms with Crippen molar-refractivity contribution in [3.63, 3.8) is 0 Å². The summed E-state index contributed by atoms with van der Waals surface area (Å²) in [7, 11) is 0. The minimum absolute atomic E-state index is 0.0112. The summed E-state index contributed by atoms with van der Waals surface area (Å²) in [4.78, 5) is 15.0. The Labute approximate surface area is 109 Å². The van der Waals surface area contributed by atoms with Gasteiger partial charge in [0.25, 0.3) is 0 Å². The fraction of sp³-hybridized carbons (Fsp3) is 0.0667. The topological polar surface area (TPSA) is 63.3 Å². The zero-order valence-corrected chi connectivity index (χ0v) is 10.0. The van der Waals surface area contributed by atoms with Gasteiger partial charge >= 0.3 is 5.97 Å². The normalized spacial score (nSPS) is 10.7. The van der Waals surface area contributed by atoms with E-state index in [0.29, 0.717) is 5.39 Å². The summed E-state index contributed by atoms with van der Waals surface area (Å²) in [5.41, 5.74) is 2.21. The Balaban J connectivity index is 1.97. The summed E-state index contributed by atoms with van der Waals surface area (Å²) in [6, 6.07) is 9.55. The molecule has 1 N–H and O–H groups in total. The van der Waals surface area contributed by atoms with Crippen LogP contribution in [-0.4, -0.2) is 16.1 Å². The van der Waals surface area contributed by atoms with Crippen molar-refractivity contribution in [1.29, 1.82) is 0 Å². The van der Waals surface area contributed by atoms with Crippen molar-refractivity contribution in [3.05, 3.63) is 65.9 Å². The molecule has 0 aliphatic carbocycles. The van der Waals surface area contributed by atoms with Crippen LogP contribution in [0.25, 0.3) is 10.8 Å². The monoisotopic (exact) mass is 253 g/mol. The Morgan fingerprint density at radius 1 is 1.26 bits per heavy atom. The number of fused-ring (bicyclic) bond motifs is 1. The quantitative estimate of drug-likeness (QED) is 0.779. The van der Waals surface area contributed by atoms with E-state index in [-0.39, 0.29) is 5.76 Å². The third kappa shape index (κ3) is 2.20. The molecule has 2 aromatic heterocycles. The molecule has 1 aromatic carbocycles. The molecule has 3 rings (SSSR count). The average Bonchev–Trinajstić information content (AvgIpc) is 2.83. The molecule has 0 amide bonds. The van der Waals surface area contributed by atoms with Crippen LogP contribution >= 0.6 is 0 Å². The fourth-order valence-electron chi connectivity index (χ4n) is 2.12. The number of carbonyl (C=O) groups is 1. The van der Waals surface area contributed by atoms with Crippen LogP contribution in [0.3, 0.4) is 0 Å². The SMILES string of the molecule is O=C(O)c1occ2cc(Cc3cccnc3)ccc12. The second-order valence-corrected chi connectivity index (χ2v) is 4.33. The first-order valence-corrected chi connectivity index (χ1v) is 5.86. The summed E-state index contributed by atoms with van der Waals surface area (Å²) in [6.07, 6.45) is 5.80. The molecule has 0 atom stereocenters. The van der Waals surface area contributed by atoms with Gasteiger partial charge in [-0.25, -0.2) is 4.79 Å². The van der Waals surface area contributed by atoms with Gasteiger partial charge in [0.15, 0.2) is 0 Å². The largest absolute Gasteiger partial charge is 0.475 e. The summed E-state index contributed by atoms with van der Waals surface area (Å²) in [6.45, 7) is 0. The second kappa shape index (κ2) is 4.57. The number of carboxylic acid groups (broad SMARTS) is 1. The summed E-state index contributed by atoms with van der Waals surface area (Å²) in [5.74, 6) is -1.06. The highest BCUT2D eigenvalue weighted by Crippen LogP contribution is 2.23. The molecule has 4 heteroatoms. The molecule has 0 fully saturated rings. The number of hydrogen-bond acceptors (Lipinski definition) is 3. The fourth-order valence-corrected chi connectivity index (χ4v) is 2.12. The lowest BCUT2D eigenvalue weighted by Crippen LogP contribution is -1.94. The van der Waals surface area contributed by atoms with Gasteiger partial charge < -0.3 is 9.52 Å². The van der Waals surface area contributed by atoms with Crippen LogP contribution in [0.5, 0.6) is 0 Å². The first-order valence-electron chi connectivity index (χ1n) is 5.86. The molecule has 0 radical (unpaired) electrons. The molecule has 0 unspecified atom stereocenters. The molecular formula is C15H11NO3. The lowest BCUT2D eigenvalue weighted by atomic mass is 10.0. The highest BCUT2D eigenvalue weighted by Gasteiger charge is 2.13. The smallest absolute Gasteiger partial charge is 0.372 e. The average molecular weight is 253 g/mol. The van der Waals surface area contributed by atoms with Crippen molar-refractivity contribution in [2.45, 2.75) is 6.42 Å². The highest BCUT2D eigenvalue weighted by atomic mass is 16.4. The zero-order chi connectivity index (χ0) is 13.2. The van der Waals surface area contributed by atoms with Gasteiger partial charge in [-0.2, -0.15) is 0 Å². The lowest BCUT2D eigenvalue weighted by Gasteiger charge is -2.01. The molecule has 0 bridgehead atoms.